The molecule has 0 N–H and O–H groups in total. The summed E-state index contributed by atoms with van der Waals surface area (Å²) in [6.45, 7) is 3.84. The van der Waals surface area contributed by atoms with Crippen LogP contribution in [-0.2, 0) is 0 Å². The maximum atomic E-state index is 12.1. The van der Waals surface area contributed by atoms with Crippen LogP contribution in [0.15, 0.2) is 28.7 Å². The van der Waals surface area contributed by atoms with Crippen LogP contribution in [0.3, 0.4) is 0 Å². The number of benzene rings is 1. The van der Waals surface area contributed by atoms with E-state index in [2.05, 4.69) is 20.8 Å². The van der Waals surface area contributed by atoms with Gasteiger partial charge in [-0.05, 0) is 30.7 Å². The zero-order chi connectivity index (χ0) is 12.5. The molecule has 2 bridgehead atoms. The second kappa shape index (κ2) is 4.90. The number of carbonyl (C=O) groups excluding carboxylic acids is 1. The van der Waals surface area contributed by atoms with Gasteiger partial charge in [0.2, 0.25) is 0 Å². The van der Waals surface area contributed by atoms with E-state index in [0.717, 1.165) is 37.1 Å². The Balaban J connectivity index is 1.66. The van der Waals surface area contributed by atoms with Gasteiger partial charge in [0.05, 0.1) is 0 Å². The van der Waals surface area contributed by atoms with Crippen LogP contribution in [-0.4, -0.2) is 48.1 Å². The molecule has 0 aliphatic carbocycles. The quantitative estimate of drug-likeness (QED) is 0.798. The molecular weight excluding hydrogens is 292 g/mol. The number of rotatable bonds is 1. The van der Waals surface area contributed by atoms with Gasteiger partial charge in [-0.25, -0.2) is 4.79 Å². The zero-order valence-corrected chi connectivity index (χ0v) is 11.6. The molecule has 5 heteroatoms. The SMILES string of the molecule is O=C(Oc1ccc([76Br])cc1)N1CCN2CCC1C2. The Morgan fingerprint density at radius 2 is 2.00 bits per heavy atom. The van der Waals surface area contributed by atoms with Crippen molar-refractivity contribution in [2.45, 2.75) is 12.5 Å². The topological polar surface area (TPSA) is 32.8 Å². The van der Waals surface area contributed by atoms with Crippen LogP contribution < -0.4 is 4.74 Å². The number of hydrogen-bond acceptors (Lipinski definition) is 3. The molecule has 0 aromatic heterocycles. The largest absolute Gasteiger partial charge is 0.415 e. The van der Waals surface area contributed by atoms with Crippen LogP contribution in [0.5, 0.6) is 5.75 Å². The molecule has 18 heavy (non-hydrogen) atoms. The maximum Gasteiger partial charge on any atom is 0.415 e. The summed E-state index contributed by atoms with van der Waals surface area (Å²) in [5.41, 5.74) is 0. The molecule has 2 fully saturated rings. The summed E-state index contributed by atoms with van der Waals surface area (Å²) in [4.78, 5) is 16.4. The standard InChI is InChI=1S/C13H15BrN2O2/c14-10-1-3-12(4-2-10)18-13(17)16-8-7-15-6-5-11(16)9-15/h1-4,11H,5-9H2/i14-4. The van der Waals surface area contributed by atoms with Crippen molar-refractivity contribution in [1.29, 1.82) is 0 Å². The smallest absolute Gasteiger partial charge is 0.410 e. The van der Waals surface area contributed by atoms with Gasteiger partial charge in [-0.1, -0.05) is 15.9 Å². The number of halogens is 1. The molecule has 1 aromatic rings. The molecule has 0 spiro atoms. The molecule has 1 aromatic carbocycles. The molecular formula is C13H15BrN2O2. The van der Waals surface area contributed by atoms with E-state index in [-0.39, 0.29) is 6.09 Å². The highest BCUT2D eigenvalue weighted by Gasteiger charge is 2.35. The van der Waals surface area contributed by atoms with E-state index < -0.39 is 0 Å². The minimum atomic E-state index is -0.219. The molecule has 2 saturated heterocycles. The number of hydrogen-bond donors (Lipinski definition) is 0. The fourth-order valence-electron chi connectivity index (χ4n) is 2.60. The van der Waals surface area contributed by atoms with Gasteiger partial charge in [0.15, 0.2) is 0 Å². The second-order valence-electron chi connectivity index (χ2n) is 4.76. The van der Waals surface area contributed by atoms with Crippen molar-refractivity contribution >= 4 is 22.0 Å². The zero-order valence-electron chi connectivity index (χ0n) is 10.0. The number of carbonyl (C=O) groups is 1. The summed E-state index contributed by atoms with van der Waals surface area (Å²) >= 11 is 3.36. The summed E-state index contributed by atoms with van der Waals surface area (Å²) in [6, 6.07) is 7.67. The number of nitrogens with zero attached hydrogens (tertiary/aromatic N) is 2. The third-order valence-corrected chi connectivity index (χ3v) is 4.13. The first-order valence-electron chi connectivity index (χ1n) is 6.19. The van der Waals surface area contributed by atoms with Crippen LogP contribution in [0.1, 0.15) is 6.42 Å². The minimum absolute atomic E-state index is 0.219. The van der Waals surface area contributed by atoms with Crippen LogP contribution in [0.25, 0.3) is 0 Å². The molecule has 4 nitrogen and oxygen atoms in total. The molecule has 2 aliphatic heterocycles. The average Bonchev–Trinajstić information content (AvgIpc) is 2.74. The van der Waals surface area contributed by atoms with E-state index in [1.807, 2.05) is 17.0 Å². The second-order valence-corrected chi connectivity index (χ2v) is 5.67. The normalized spacial score (nSPS) is 26.2. The Hall–Kier alpha value is -1.07. The summed E-state index contributed by atoms with van der Waals surface area (Å²) in [5, 5.41) is 0. The molecule has 1 amide bonds. The number of fused-ring (bicyclic) bond motifs is 2. The third kappa shape index (κ3) is 2.37. The van der Waals surface area contributed by atoms with E-state index in [0.29, 0.717) is 11.8 Å². The van der Waals surface area contributed by atoms with Crippen molar-refractivity contribution in [3.05, 3.63) is 28.7 Å². The van der Waals surface area contributed by atoms with E-state index in [1.54, 1.807) is 12.1 Å². The van der Waals surface area contributed by atoms with Crippen LogP contribution in [0.4, 0.5) is 4.79 Å². The average molecular weight is 307 g/mol. The molecule has 2 heterocycles. The Kier molecular flexibility index (Phi) is 3.26. The molecule has 2 aliphatic rings. The number of piperazine rings is 1. The lowest BCUT2D eigenvalue weighted by Gasteiger charge is -2.33. The van der Waals surface area contributed by atoms with Gasteiger partial charge >= 0.3 is 6.09 Å². The van der Waals surface area contributed by atoms with Gasteiger partial charge in [0.1, 0.15) is 5.75 Å². The molecule has 2 unspecified atom stereocenters. The Labute approximate surface area is 115 Å². The predicted octanol–water partition coefficient (Wildman–Crippen LogP) is 2.34. The summed E-state index contributed by atoms with van der Waals surface area (Å²) < 4.78 is 6.39. The molecule has 96 valence electrons. The molecule has 0 saturated carbocycles. The summed E-state index contributed by atoms with van der Waals surface area (Å²) in [6.07, 6.45) is 0.846. The number of ether oxygens (including phenoxy) is 1. The van der Waals surface area contributed by atoms with E-state index in [1.165, 1.54) is 0 Å². The van der Waals surface area contributed by atoms with Gasteiger partial charge in [0.25, 0.3) is 0 Å². The van der Waals surface area contributed by atoms with Gasteiger partial charge in [-0.15, -0.1) is 0 Å². The van der Waals surface area contributed by atoms with Crippen molar-refractivity contribution < 1.29 is 9.53 Å². The molecule has 2 atom stereocenters. The monoisotopic (exact) mass is 307 g/mol. The lowest BCUT2D eigenvalue weighted by molar-refractivity contribution is 0.109. The van der Waals surface area contributed by atoms with Gasteiger partial charge in [0, 0.05) is 36.7 Å². The first-order valence-corrected chi connectivity index (χ1v) is 6.98. The first kappa shape index (κ1) is 12.0. The van der Waals surface area contributed by atoms with Gasteiger partial charge < -0.3 is 9.64 Å². The number of amides is 1. The van der Waals surface area contributed by atoms with Gasteiger partial charge in [-0.3, -0.25) is 4.90 Å². The summed E-state index contributed by atoms with van der Waals surface area (Å²) in [7, 11) is 0. The fraction of sp³-hybridized carbons (Fsp3) is 0.462. The van der Waals surface area contributed by atoms with Crippen molar-refractivity contribution in [3.8, 4) is 5.75 Å². The summed E-state index contributed by atoms with van der Waals surface area (Å²) in [5.74, 6) is 0.601. The lowest BCUT2D eigenvalue weighted by atomic mass is 10.2. The van der Waals surface area contributed by atoms with E-state index >= 15 is 0 Å². The van der Waals surface area contributed by atoms with Crippen LogP contribution in [0, 0.1) is 0 Å². The highest BCUT2D eigenvalue weighted by molar-refractivity contribution is 9.10. The highest BCUT2D eigenvalue weighted by Crippen LogP contribution is 2.22. The van der Waals surface area contributed by atoms with Crippen molar-refractivity contribution in [2.75, 3.05) is 26.2 Å². The van der Waals surface area contributed by atoms with Crippen molar-refractivity contribution in [1.82, 2.24) is 9.80 Å². The van der Waals surface area contributed by atoms with Crippen molar-refractivity contribution in [2.24, 2.45) is 0 Å². The van der Waals surface area contributed by atoms with E-state index in [9.17, 15) is 4.79 Å². The lowest BCUT2D eigenvalue weighted by Crippen LogP contribution is -2.50. The molecule has 3 rings (SSSR count). The Bertz CT molecular complexity index is 449. The third-order valence-electron chi connectivity index (χ3n) is 3.60. The minimum Gasteiger partial charge on any atom is -0.410 e. The Morgan fingerprint density at radius 3 is 2.78 bits per heavy atom. The highest BCUT2D eigenvalue weighted by atomic mass is 75.9. The van der Waals surface area contributed by atoms with Crippen LogP contribution in [0.2, 0.25) is 0 Å². The first-order chi connectivity index (χ1) is 8.72. The van der Waals surface area contributed by atoms with Crippen molar-refractivity contribution in [3.63, 3.8) is 0 Å². The fourth-order valence-corrected chi connectivity index (χ4v) is 2.87. The Morgan fingerprint density at radius 1 is 1.22 bits per heavy atom. The van der Waals surface area contributed by atoms with Crippen LogP contribution >= 0.6 is 15.9 Å². The van der Waals surface area contributed by atoms with E-state index in [4.69, 9.17) is 4.74 Å². The predicted molar refractivity (Wildman–Crippen MR) is 71.7 cm³/mol. The van der Waals surface area contributed by atoms with Gasteiger partial charge in [-0.2, -0.15) is 0 Å². The maximum absolute atomic E-state index is 12.1. The molecule has 0 radical (unpaired) electrons.